The molecule has 0 aliphatic rings. The number of nitrogens with two attached hydrogens (primary N) is 2. The van der Waals surface area contributed by atoms with Gasteiger partial charge in [-0.15, -0.1) is 12.8 Å². The molecule has 5 N–H and O–H groups in total. The molecule has 7 heteroatoms. The predicted octanol–water partition coefficient (Wildman–Crippen LogP) is 0.771. The van der Waals surface area contributed by atoms with Crippen molar-refractivity contribution in [3.05, 3.63) is 11.6 Å². The zero-order valence-electron chi connectivity index (χ0n) is 11.6. The van der Waals surface area contributed by atoms with Gasteiger partial charge in [0.25, 0.3) is 7.14 Å². The number of unbranched alkanes of at least 4 members (excludes halogenated alkanes) is 2. The highest BCUT2D eigenvalue weighted by Crippen LogP contribution is 2.48. The summed E-state index contributed by atoms with van der Waals surface area (Å²) in [6.45, 7) is 2.64. The van der Waals surface area contributed by atoms with Gasteiger partial charge in [0.2, 0.25) is 5.91 Å². The summed E-state index contributed by atoms with van der Waals surface area (Å²) in [5, 5.41) is 4.02. The van der Waals surface area contributed by atoms with E-state index in [-0.39, 0.29) is 11.3 Å². The van der Waals surface area contributed by atoms with E-state index in [0.717, 1.165) is 19.3 Å². The number of terminal acetylenes is 2. The molecule has 0 saturated carbocycles. The first-order chi connectivity index (χ1) is 9.35. The van der Waals surface area contributed by atoms with Gasteiger partial charge in [-0.1, -0.05) is 0 Å². The predicted molar refractivity (Wildman–Crippen MR) is 81.0 cm³/mol. The maximum absolute atomic E-state index is 11.9. The van der Waals surface area contributed by atoms with Crippen molar-refractivity contribution in [2.45, 2.75) is 26.2 Å². The van der Waals surface area contributed by atoms with Gasteiger partial charge in [0.1, 0.15) is 5.44 Å². The molecule has 0 aromatic carbocycles. The summed E-state index contributed by atoms with van der Waals surface area (Å²) in [5.41, 5.74) is 9.60. The van der Waals surface area contributed by atoms with Crippen molar-refractivity contribution in [1.82, 2.24) is 10.3 Å². The number of nitrogens with zero attached hydrogens (tertiary/aromatic N) is 1. The molecule has 0 radical (unpaired) electrons. The van der Waals surface area contributed by atoms with Gasteiger partial charge < -0.3 is 16.1 Å². The van der Waals surface area contributed by atoms with Gasteiger partial charge in [-0.05, 0) is 30.6 Å². The molecule has 0 unspecified atom stereocenters. The number of carbonyl (C=O) groups excluding carboxylic acids is 1. The Bertz CT molecular complexity index is 470. The molecule has 0 bridgehead atoms. The molecule has 110 valence electrons. The van der Waals surface area contributed by atoms with Gasteiger partial charge in [-0.3, -0.25) is 9.36 Å². The quantitative estimate of drug-likeness (QED) is 0.202. The normalized spacial score (nSPS) is 11.3. The van der Waals surface area contributed by atoms with E-state index in [1.54, 1.807) is 0 Å². The van der Waals surface area contributed by atoms with Crippen LogP contribution in [-0.2, 0) is 9.36 Å². The first kappa shape index (κ1) is 18.1. The number of hydrogen-bond donors (Lipinski definition) is 3. The summed E-state index contributed by atoms with van der Waals surface area (Å²) in [6.07, 6.45) is 14.1. The van der Waals surface area contributed by atoms with Crippen LogP contribution in [0.4, 0.5) is 0 Å². The Kier molecular flexibility index (Phi) is 8.24. The summed E-state index contributed by atoms with van der Waals surface area (Å²) in [7, 11) is -3.36. The second kappa shape index (κ2) is 9.09. The number of hydrazine groups is 1. The fourth-order valence-corrected chi connectivity index (χ4v) is 2.05. The van der Waals surface area contributed by atoms with E-state index in [1.807, 2.05) is 11.3 Å². The van der Waals surface area contributed by atoms with E-state index < -0.39 is 7.14 Å². The lowest BCUT2D eigenvalue weighted by molar-refractivity contribution is -0.118. The smallest absolute Gasteiger partial charge is 0.266 e. The van der Waals surface area contributed by atoms with Crippen molar-refractivity contribution in [2.24, 2.45) is 11.6 Å². The first-order valence-electron chi connectivity index (χ1n) is 6.15. The summed E-state index contributed by atoms with van der Waals surface area (Å²) in [6, 6.07) is 0. The second-order valence-electron chi connectivity index (χ2n) is 4.20. The zero-order valence-corrected chi connectivity index (χ0v) is 12.5. The number of nitrogens with one attached hydrogen (secondary N) is 1. The van der Waals surface area contributed by atoms with Crippen LogP contribution in [0.1, 0.15) is 26.2 Å². The highest BCUT2D eigenvalue weighted by Gasteiger charge is 2.19. The number of carbonyl (C=O) groups is 1. The van der Waals surface area contributed by atoms with Crippen LogP contribution >= 0.6 is 7.14 Å². The van der Waals surface area contributed by atoms with Crippen LogP contribution in [0.3, 0.4) is 0 Å². The van der Waals surface area contributed by atoms with Crippen molar-refractivity contribution < 1.29 is 9.36 Å². The van der Waals surface area contributed by atoms with Crippen molar-refractivity contribution in [3.63, 3.8) is 0 Å². The third kappa shape index (κ3) is 6.89. The minimum atomic E-state index is -3.36. The van der Waals surface area contributed by atoms with Crippen LogP contribution in [0, 0.1) is 24.2 Å². The molecule has 20 heavy (non-hydrogen) atoms. The van der Waals surface area contributed by atoms with Gasteiger partial charge in [-0.25, -0.2) is 5.84 Å². The van der Waals surface area contributed by atoms with Crippen LogP contribution in [0.2, 0.25) is 0 Å². The molecule has 0 atom stereocenters. The summed E-state index contributed by atoms with van der Waals surface area (Å²) in [5.74, 6) is 5.65. The fourth-order valence-electron chi connectivity index (χ4n) is 1.36. The van der Waals surface area contributed by atoms with Gasteiger partial charge in [0.05, 0.1) is 0 Å². The second-order valence-corrected chi connectivity index (χ2v) is 6.45. The van der Waals surface area contributed by atoms with Crippen LogP contribution in [0.15, 0.2) is 11.6 Å². The molecule has 0 aromatic heterocycles. The van der Waals surface area contributed by atoms with Crippen LogP contribution in [0.5, 0.6) is 0 Å². The Morgan fingerprint density at radius 1 is 1.35 bits per heavy atom. The maximum Gasteiger partial charge on any atom is 0.266 e. The Morgan fingerprint density at radius 3 is 2.45 bits per heavy atom. The average molecular weight is 296 g/mol. The van der Waals surface area contributed by atoms with Crippen molar-refractivity contribution in [3.8, 4) is 24.2 Å². The molecule has 6 nitrogen and oxygen atoms in total. The van der Waals surface area contributed by atoms with Gasteiger partial charge in [0.15, 0.2) is 0 Å². The minimum Gasteiger partial charge on any atom is -0.393 e. The first-order valence-corrected chi connectivity index (χ1v) is 7.86. The van der Waals surface area contributed by atoms with Crippen molar-refractivity contribution in [2.75, 3.05) is 13.1 Å². The Hall–Kier alpha value is -1.88. The van der Waals surface area contributed by atoms with E-state index in [9.17, 15) is 9.36 Å². The topological polar surface area (TPSA) is 101 Å². The van der Waals surface area contributed by atoms with Gasteiger partial charge in [0, 0.05) is 26.2 Å². The maximum atomic E-state index is 11.9. The molecule has 1 amide bonds. The zero-order chi connectivity index (χ0) is 15.6. The minimum absolute atomic E-state index is 0.0412. The third-order valence-electron chi connectivity index (χ3n) is 2.49. The molecule has 0 aliphatic heterocycles. The average Bonchev–Trinajstić information content (AvgIpc) is 2.41. The Balaban J connectivity index is 4.09. The molecule has 0 aliphatic carbocycles. The molecular formula is C13H21N4O2P. The van der Waals surface area contributed by atoms with Gasteiger partial charge >= 0.3 is 0 Å². The molecule has 0 spiro atoms. The molecule has 0 fully saturated rings. The van der Waals surface area contributed by atoms with Gasteiger partial charge in [-0.2, -0.15) is 0 Å². The number of amides is 1. The third-order valence-corrected chi connectivity index (χ3v) is 4.06. The lowest BCUT2D eigenvalue weighted by Crippen LogP contribution is -2.27. The van der Waals surface area contributed by atoms with E-state index >= 15 is 0 Å². The summed E-state index contributed by atoms with van der Waals surface area (Å²) in [4.78, 5) is 10.6. The lowest BCUT2D eigenvalue weighted by Gasteiger charge is -2.15. The van der Waals surface area contributed by atoms with E-state index in [2.05, 4.69) is 5.32 Å². The van der Waals surface area contributed by atoms with Crippen LogP contribution in [-0.4, -0.2) is 24.0 Å². The SMILES string of the molecule is C#CP(=O)(C#C)/C(N)=C/N(N)CCCCCNC(C)=O. The standard InChI is InChI=1S/C13H21N4O2P/c1-4-20(19,5-2)13(14)11-17(15)10-8-6-7-9-16-12(3)18/h1-2,11H,6-10,14-15H2,3H3,(H,16,18)/b13-11+. The molecule has 0 rings (SSSR count). The number of rotatable bonds is 8. The summed E-state index contributed by atoms with van der Waals surface area (Å²) >= 11 is 0. The Morgan fingerprint density at radius 2 is 1.95 bits per heavy atom. The van der Waals surface area contributed by atoms with E-state index in [0.29, 0.717) is 13.1 Å². The molecule has 0 aromatic rings. The monoisotopic (exact) mass is 296 g/mol. The molecule has 0 saturated heterocycles. The highest BCUT2D eigenvalue weighted by molar-refractivity contribution is 7.77. The van der Waals surface area contributed by atoms with Crippen LogP contribution < -0.4 is 16.9 Å². The van der Waals surface area contributed by atoms with E-state index in [4.69, 9.17) is 24.4 Å². The van der Waals surface area contributed by atoms with Crippen LogP contribution in [0.25, 0.3) is 0 Å². The largest absolute Gasteiger partial charge is 0.393 e. The number of hydrogen-bond acceptors (Lipinski definition) is 5. The van der Waals surface area contributed by atoms with Crippen molar-refractivity contribution in [1.29, 1.82) is 0 Å². The Labute approximate surface area is 120 Å². The molecular weight excluding hydrogens is 275 g/mol. The molecule has 0 heterocycles. The van der Waals surface area contributed by atoms with E-state index in [1.165, 1.54) is 18.1 Å². The highest BCUT2D eigenvalue weighted by atomic mass is 31.2. The summed E-state index contributed by atoms with van der Waals surface area (Å²) < 4.78 is 11.9. The van der Waals surface area contributed by atoms with Crippen molar-refractivity contribution >= 4 is 13.0 Å². The lowest BCUT2D eigenvalue weighted by atomic mass is 10.2. The fraction of sp³-hybridized carbons (Fsp3) is 0.462.